The van der Waals surface area contributed by atoms with Crippen LogP contribution < -0.4 is 5.32 Å². The summed E-state index contributed by atoms with van der Waals surface area (Å²) >= 11 is 0. The molecule has 78 valence electrons. The van der Waals surface area contributed by atoms with Gasteiger partial charge in [0.15, 0.2) is 0 Å². The molecule has 3 unspecified atom stereocenters. The minimum atomic E-state index is 0.774. The van der Waals surface area contributed by atoms with Crippen molar-refractivity contribution in [2.24, 2.45) is 11.8 Å². The van der Waals surface area contributed by atoms with Crippen LogP contribution in [-0.4, -0.2) is 13.1 Å². The monoisotopic (exact) mass is 183 g/mol. The summed E-state index contributed by atoms with van der Waals surface area (Å²) in [5, 5.41) is 3.45. The molecule has 0 bridgehead atoms. The molecule has 0 aromatic heterocycles. The van der Waals surface area contributed by atoms with Crippen LogP contribution in [0.2, 0.25) is 0 Å². The summed E-state index contributed by atoms with van der Waals surface area (Å²) in [6.45, 7) is 4.84. The van der Waals surface area contributed by atoms with Gasteiger partial charge in [-0.2, -0.15) is 0 Å². The molecule has 1 heteroatoms. The Morgan fingerprint density at radius 1 is 0.923 bits per heavy atom. The summed E-state index contributed by atoms with van der Waals surface area (Å²) in [4.78, 5) is 0. The summed E-state index contributed by atoms with van der Waals surface area (Å²) in [5.41, 5.74) is 0. The van der Waals surface area contributed by atoms with Gasteiger partial charge in [0.25, 0.3) is 0 Å². The topological polar surface area (TPSA) is 12.0 Å². The first-order chi connectivity index (χ1) is 6.24. The molecule has 0 aromatic carbocycles. The van der Waals surface area contributed by atoms with Gasteiger partial charge in [0.05, 0.1) is 0 Å². The van der Waals surface area contributed by atoms with E-state index in [4.69, 9.17) is 0 Å². The fraction of sp³-hybridized carbons (Fsp3) is 1.00. The standard InChI is InChI=1S/C12H25N/c1-10-7-5-4-6-8-12(13-3)9-11(10)2/h10-13H,4-9H2,1-3H3. The zero-order chi connectivity index (χ0) is 9.68. The lowest BCUT2D eigenvalue weighted by Gasteiger charge is -2.23. The lowest BCUT2D eigenvalue weighted by Crippen LogP contribution is -2.28. The third-order valence-electron chi connectivity index (χ3n) is 3.75. The molecule has 1 aliphatic rings. The van der Waals surface area contributed by atoms with Crippen molar-refractivity contribution < 1.29 is 0 Å². The zero-order valence-electron chi connectivity index (χ0n) is 9.47. The molecule has 0 aliphatic heterocycles. The third kappa shape index (κ3) is 3.68. The molecule has 1 nitrogen and oxygen atoms in total. The van der Waals surface area contributed by atoms with Gasteiger partial charge in [0.2, 0.25) is 0 Å². The number of rotatable bonds is 1. The van der Waals surface area contributed by atoms with Crippen LogP contribution in [0.1, 0.15) is 52.4 Å². The van der Waals surface area contributed by atoms with E-state index in [0.717, 1.165) is 17.9 Å². The normalized spacial score (nSPS) is 37.6. The highest BCUT2D eigenvalue weighted by molar-refractivity contribution is 4.73. The van der Waals surface area contributed by atoms with Gasteiger partial charge >= 0.3 is 0 Å². The van der Waals surface area contributed by atoms with Crippen LogP contribution in [0.3, 0.4) is 0 Å². The second-order valence-electron chi connectivity index (χ2n) is 4.81. The summed E-state index contributed by atoms with van der Waals surface area (Å²) in [6.07, 6.45) is 8.50. The molecule has 1 fully saturated rings. The predicted molar refractivity (Wildman–Crippen MR) is 58.9 cm³/mol. The summed E-state index contributed by atoms with van der Waals surface area (Å²) in [6, 6.07) is 0.774. The maximum atomic E-state index is 3.45. The van der Waals surface area contributed by atoms with E-state index in [1.165, 1.54) is 38.5 Å². The fourth-order valence-electron chi connectivity index (χ4n) is 2.38. The van der Waals surface area contributed by atoms with Crippen LogP contribution in [0.4, 0.5) is 0 Å². The van der Waals surface area contributed by atoms with E-state index < -0.39 is 0 Å². The van der Waals surface area contributed by atoms with Gasteiger partial charge in [-0.25, -0.2) is 0 Å². The first-order valence-corrected chi connectivity index (χ1v) is 5.91. The van der Waals surface area contributed by atoms with Crippen LogP contribution >= 0.6 is 0 Å². The highest BCUT2D eigenvalue weighted by Gasteiger charge is 2.18. The van der Waals surface area contributed by atoms with E-state index in [1.54, 1.807) is 0 Å². The van der Waals surface area contributed by atoms with E-state index in [1.807, 2.05) is 0 Å². The molecular formula is C12H25N. The highest BCUT2D eigenvalue weighted by Crippen LogP contribution is 2.26. The second kappa shape index (κ2) is 5.64. The van der Waals surface area contributed by atoms with Crippen LogP contribution in [0, 0.1) is 11.8 Å². The highest BCUT2D eigenvalue weighted by atomic mass is 14.9. The molecule has 3 atom stereocenters. The van der Waals surface area contributed by atoms with Crippen LogP contribution in [-0.2, 0) is 0 Å². The van der Waals surface area contributed by atoms with Gasteiger partial charge in [-0.05, 0) is 31.7 Å². The van der Waals surface area contributed by atoms with Crippen molar-refractivity contribution in [1.29, 1.82) is 0 Å². The van der Waals surface area contributed by atoms with Crippen LogP contribution in [0.15, 0.2) is 0 Å². The Hall–Kier alpha value is -0.0400. The molecule has 1 rings (SSSR count). The molecule has 1 aliphatic carbocycles. The predicted octanol–water partition coefficient (Wildman–Crippen LogP) is 3.20. The zero-order valence-corrected chi connectivity index (χ0v) is 9.47. The molecule has 1 saturated carbocycles. The van der Waals surface area contributed by atoms with E-state index in [0.29, 0.717) is 0 Å². The maximum absolute atomic E-state index is 3.45. The molecule has 0 saturated heterocycles. The fourth-order valence-corrected chi connectivity index (χ4v) is 2.38. The molecule has 0 radical (unpaired) electrons. The number of hydrogen-bond donors (Lipinski definition) is 1. The summed E-state index contributed by atoms with van der Waals surface area (Å²) < 4.78 is 0. The summed E-state index contributed by atoms with van der Waals surface area (Å²) in [7, 11) is 2.11. The molecule has 0 spiro atoms. The van der Waals surface area contributed by atoms with Crippen LogP contribution in [0.25, 0.3) is 0 Å². The minimum absolute atomic E-state index is 0.774. The smallest absolute Gasteiger partial charge is 0.00667 e. The Balaban J connectivity index is 2.44. The Labute approximate surface area is 83.3 Å². The van der Waals surface area contributed by atoms with Crippen LogP contribution in [0.5, 0.6) is 0 Å². The Morgan fingerprint density at radius 2 is 1.62 bits per heavy atom. The van der Waals surface area contributed by atoms with Crippen molar-refractivity contribution in [3.8, 4) is 0 Å². The van der Waals surface area contributed by atoms with Gasteiger partial charge in [0, 0.05) is 6.04 Å². The first-order valence-electron chi connectivity index (χ1n) is 5.91. The van der Waals surface area contributed by atoms with Crippen molar-refractivity contribution in [1.82, 2.24) is 5.32 Å². The van der Waals surface area contributed by atoms with Gasteiger partial charge in [-0.3, -0.25) is 0 Å². The van der Waals surface area contributed by atoms with E-state index in [2.05, 4.69) is 26.2 Å². The molecule has 1 N–H and O–H groups in total. The van der Waals surface area contributed by atoms with Gasteiger partial charge in [-0.15, -0.1) is 0 Å². The van der Waals surface area contributed by atoms with Crippen molar-refractivity contribution in [2.45, 2.75) is 58.4 Å². The lowest BCUT2D eigenvalue weighted by atomic mass is 9.87. The Kier molecular flexibility index (Phi) is 4.79. The molecule has 0 aromatic rings. The summed E-state index contributed by atoms with van der Waals surface area (Å²) in [5.74, 6) is 1.82. The van der Waals surface area contributed by atoms with Gasteiger partial charge in [0.1, 0.15) is 0 Å². The SMILES string of the molecule is CNC1CCCCCC(C)C(C)C1. The maximum Gasteiger partial charge on any atom is 0.00667 e. The molecular weight excluding hydrogens is 158 g/mol. The Bertz CT molecular complexity index is 133. The van der Waals surface area contributed by atoms with Crippen molar-refractivity contribution >= 4 is 0 Å². The van der Waals surface area contributed by atoms with E-state index in [-0.39, 0.29) is 0 Å². The quantitative estimate of drug-likeness (QED) is 0.658. The first kappa shape index (κ1) is 11.0. The lowest BCUT2D eigenvalue weighted by molar-refractivity contribution is 0.309. The minimum Gasteiger partial charge on any atom is -0.317 e. The third-order valence-corrected chi connectivity index (χ3v) is 3.75. The molecule has 13 heavy (non-hydrogen) atoms. The largest absolute Gasteiger partial charge is 0.317 e. The van der Waals surface area contributed by atoms with Crippen molar-refractivity contribution in [2.75, 3.05) is 7.05 Å². The van der Waals surface area contributed by atoms with Gasteiger partial charge in [-0.1, -0.05) is 39.5 Å². The second-order valence-corrected chi connectivity index (χ2v) is 4.81. The molecule has 0 amide bonds. The number of nitrogens with one attached hydrogen (secondary N) is 1. The Morgan fingerprint density at radius 3 is 2.31 bits per heavy atom. The van der Waals surface area contributed by atoms with E-state index in [9.17, 15) is 0 Å². The van der Waals surface area contributed by atoms with Crippen molar-refractivity contribution in [3.05, 3.63) is 0 Å². The van der Waals surface area contributed by atoms with Crippen molar-refractivity contribution in [3.63, 3.8) is 0 Å². The van der Waals surface area contributed by atoms with Gasteiger partial charge < -0.3 is 5.32 Å². The average Bonchev–Trinajstić information content (AvgIpc) is 2.20. The molecule has 0 heterocycles. The number of hydrogen-bond acceptors (Lipinski definition) is 1. The average molecular weight is 183 g/mol. The van der Waals surface area contributed by atoms with E-state index >= 15 is 0 Å².